The summed E-state index contributed by atoms with van der Waals surface area (Å²) in [7, 11) is 0. The van der Waals surface area contributed by atoms with Crippen molar-refractivity contribution in [3.8, 4) is 0 Å². The van der Waals surface area contributed by atoms with E-state index in [-0.39, 0.29) is 6.10 Å². The second-order valence-corrected chi connectivity index (χ2v) is 4.66. The van der Waals surface area contributed by atoms with Crippen LogP contribution in [-0.4, -0.2) is 17.8 Å². The van der Waals surface area contributed by atoms with Crippen LogP contribution in [0.15, 0.2) is 36.1 Å². The molecule has 2 heteroatoms. The SMILES string of the molecule is OC1CC=C2OCC3C=CC=CC3C2C1. The van der Waals surface area contributed by atoms with Gasteiger partial charge in [-0.15, -0.1) is 0 Å². The number of aliphatic hydroxyl groups excluding tert-OH is 1. The van der Waals surface area contributed by atoms with E-state index in [9.17, 15) is 5.11 Å². The summed E-state index contributed by atoms with van der Waals surface area (Å²) in [6.07, 6.45) is 12.2. The Hall–Kier alpha value is -1.02. The van der Waals surface area contributed by atoms with Gasteiger partial charge in [-0.3, -0.25) is 0 Å². The standard InChI is InChI=1S/C13H16O2/c14-10-5-6-13-12(7-10)11-4-2-1-3-9(11)8-15-13/h1-4,6,9-12,14H,5,7-8H2. The van der Waals surface area contributed by atoms with Crippen molar-refractivity contribution < 1.29 is 9.84 Å². The van der Waals surface area contributed by atoms with Gasteiger partial charge < -0.3 is 9.84 Å². The zero-order valence-corrected chi connectivity index (χ0v) is 8.67. The number of aliphatic hydroxyl groups is 1. The van der Waals surface area contributed by atoms with Crippen LogP contribution in [0.25, 0.3) is 0 Å². The molecule has 1 fully saturated rings. The molecule has 0 bridgehead atoms. The third-order valence-electron chi connectivity index (χ3n) is 3.69. The van der Waals surface area contributed by atoms with Crippen LogP contribution in [-0.2, 0) is 4.74 Å². The van der Waals surface area contributed by atoms with Crippen molar-refractivity contribution in [1.29, 1.82) is 0 Å². The van der Waals surface area contributed by atoms with Gasteiger partial charge in [0.25, 0.3) is 0 Å². The van der Waals surface area contributed by atoms with E-state index >= 15 is 0 Å². The van der Waals surface area contributed by atoms with Crippen LogP contribution < -0.4 is 0 Å². The molecule has 80 valence electrons. The van der Waals surface area contributed by atoms with Crippen molar-refractivity contribution in [1.82, 2.24) is 0 Å². The molecule has 0 aromatic heterocycles. The van der Waals surface area contributed by atoms with Crippen LogP contribution in [0.4, 0.5) is 0 Å². The Morgan fingerprint density at radius 2 is 2.13 bits per heavy atom. The molecule has 4 unspecified atom stereocenters. The van der Waals surface area contributed by atoms with Crippen molar-refractivity contribution in [3.05, 3.63) is 36.1 Å². The molecule has 1 saturated heterocycles. The molecule has 4 atom stereocenters. The lowest BCUT2D eigenvalue weighted by molar-refractivity contribution is 0.0255. The van der Waals surface area contributed by atoms with Crippen molar-refractivity contribution in [2.75, 3.05) is 6.61 Å². The van der Waals surface area contributed by atoms with Gasteiger partial charge in [-0.05, 0) is 24.8 Å². The summed E-state index contributed by atoms with van der Waals surface area (Å²) in [4.78, 5) is 0. The normalized spacial score (nSPS) is 42.6. The zero-order valence-electron chi connectivity index (χ0n) is 8.67. The van der Waals surface area contributed by atoms with Gasteiger partial charge in [0.15, 0.2) is 0 Å². The Morgan fingerprint density at radius 3 is 3.07 bits per heavy atom. The molecular weight excluding hydrogens is 188 g/mol. The Labute approximate surface area is 89.9 Å². The summed E-state index contributed by atoms with van der Waals surface area (Å²) < 4.78 is 5.76. The summed E-state index contributed by atoms with van der Waals surface area (Å²) >= 11 is 0. The molecule has 0 aromatic rings. The first-order valence-corrected chi connectivity index (χ1v) is 5.70. The van der Waals surface area contributed by atoms with Gasteiger partial charge in [-0.2, -0.15) is 0 Å². The molecule has 0 aromatic carbocycles. The van der Waals surface area contributed by atoms with Crippen LogP contribution in [0, 0.1) is 17.8 Å². The Morgan fingerprint density at radius 1 is 1.27 bits per heavy atom. The highest BCUT2D eigenvalue weighted by atomic mass is 16.5. The van der Waals surface area contributed by atoms with Crippen LogP contribution in [0.1, 0.15) is 12.8 Å². The highest BCUT2D eigenvalue weighted by Gasteiger charge is 2.38. The molecule has 0 radical (unpaired) electrons. The molecule has 2 aliphatic carbocycles. The van der Waals surface area contributed by atoms with Crippen molar-refractivity contribution in [3.63, 3.8) is 0 Å². The molecule has 1 N–H and O–H groups in total. The van der Waals surface area contributed by atoms with Crippen molar-refractivity contribution in [2.24, 2.45) is 17.8 Å². The smallest absolute Gasteiger partial charge is 0.0959 e. The Balaban J connectivity index is 1.89. The van der Waals surface area contributed by atoms with E-state index in [1.807, 2.05) is 0 Å². The van der Waals surface area contributed by atoms with Gasteiger partial charge in [-0.25, -0.2) is 0 Å². The summed E-state index contributed by atoms with van der Waals surface area (Å²) in [5.74, 6) is 2.54. The topological polar surface area (TPSA) is 29.5 Å². The average molecular weight is 204 g/mol. The molecular formula is C13H16O2. The largest absolute Gasteiger partial charge is 0.497 e. The zero-order chi connectivity index (χ0) is 10.3. The third-order valence-corrected chi connectivity index (χ3v) is 3.69. The lowest BCUT2D eigenvalue weighted by atomic mass is 9.72. The fourth-order valence-corrected chi connectivity index (χ4v) is 2.88. The fourth-order valence-electron chi connectivity index (χ4n) is 2.88. The second kappa shape index (κ2) is 3.53. The van der Waals surface area contributed by atoms with Gasteiger partial charge in [-0.1, -0.05) is 24.3 Å². The van der Waals surface area contributed by atoms with Crippen molar-refractivity contribution >= 4 is 0 Å². The van der Waals surface area contributed by atoms with E-state index in [0.717, 1.165) is 25.2 Å². The predicted molar refractivity (Wildman–Crippen MR) is 58.0 cm³/mol. The first-order chi connectivity index (χ1) is 7.34. The molecule has 2 nitrogen and oxygen atoms in total. The van der Waals surface area contributed by atoms with Crippen LogP contribution >= 0.6 is 0 Å². The maximum absolute atomic E-state index is 9.70. The van der Waals surface area contributed by atoms with Crippen LogP contribution in [0.2, 0.25) is 0 Å². The fraction of sp³-hybridized carbons (Fsp3) is 0.538. The van der Waals surface area contributed by atoms with E-state index in [4.69, 9.17) is 4.74 Å². The average Bonchev–Trinajstić information content (AvgIpc) is 2.29. The number of ether oxygens (including phenoxy) is 1. The quantitative estimate of drug-likeness (QED) is 0.654. The van der Waals surface area contributed by atoms with Gasteiger partial charge in [0.1, 0.15) is 0 Å². The minimum Gasteiger partial charge on any atom is -0.497 e. The molecule has 0 spiro atoms. The van der Waals surface area contributed by atoms with E-state index in [2.05, 4.69) is 30.4 Å². The Kier molecular flexibility index (Phi) is 2.17. The maximum Gasteiger partial charge on any atom is 0.0959 e. The van der Waals surface area contributed by atoms with Gasteiger partial charge in [0.05, 0.1) is 18.5 Å². The minimum absolute atomic E-state index is 0.180. The number of fused-ring (bicyclic) bond motifs is 3. The third kappa shape index (κ3) is 1.53. The molecule has 1 heterocycles. The molecule has 1 aliphatic heterocycles. The monoisotopic (exact) mass is 204 g/mol. The summed E-state index contributed by atoms with van der Waals surface area (Å²) in [5, 5.41) is 9.70. The summed E-state index contributed by atoms with van der Waals surface area (Å²) in [6, 6.07) is 0. The lowest BCUT2D eigenvalue weighted by Crippen LogP contribution is -2.37. The predicted octanol–water partition coefficient (Wildman–Crippen LogP) is 2.03. The van der Waals surface area contributed by atoms with Gasteiger partial charge in [0.2, 0.25) is 0 Å². The highest BCUT2D eigenvalue weighted by molar-refractivity contribution is 5.22. The minimum atomic E-state index is -0.180. The van der Waals surface area contributed by atoms with Gasteiger partial charge >= 0.3 is 0 Å². The number of hydrogen-bond acceptors (Lipinski definition) is 2. The number of rotatable bonds is 0. The first kappa shape index (κ1) is 9.22. The molecule has 15 heavy (non-hydrogen) atoms. The molecule has 0 amide bonds. The number of hydrogen-bond donors (Lipinski definition) is 1. The molecule has 3 rings (SSSR count). The Bertz CT molecular complexity index is 340. The van der Waals surface area contributed by atoms with Crippen LogP contribution in [0.3, 0.4) is 0 Å². The summed E-state index contributed by atoms with van der Waals surface area (Å²) in [5.41, 5.74) is 0. The van der Waals surface area contributed by atoms with Crippen LogP contribution in [0.5, 0.6) is 0 Å². The lowest BCUT2D eigenvalue weighted by Gasteiger charge is -2.41. The van der Waals surface area contributed by atoms with E-state index in [0.29, 0.717) is 17.8 Å². The second-order valence-electron chi connectivity index (χ2n) is 4.66. The van der Waals surface area contributed by atoms with Gasteiger partial charge in [0, 0.05) is 11.8 Å². The number of allylic oxidation sites excluding steroid dienone is 4. The maximum atomic E-state index is 9.70. The van der Waals surface area contributed by atoms with E-state index in [1.54, 1.807) is 0 Å². The van der Waals surface area contributed by atoms with Crippen molar-refractivity contribution in [2.45, 2.75) is 18.9 Å². The van der Waals surface area contributed by atoms with E-state index in [1.165, 1.54) is 0 Å². The highest BCUT2D eigenvalue weighted by Crippen LogP contribution is 2.42. The molecule has 0 saturated carbocycles. The summed E-state index contributed by atoms with van der Waals surface area (Å²) in [6.45, 7) is 0.796. The molecule has 3 aliphatic rings. The van der Waals surface area contributed by atoms with E-state index < -0.39 is 0 Å². The first-order valence-electron chi connectivity index (χ1n) is 5.70.